The summed E-state index contributed by atoms with van der Waals surface area (Å²) in [5, 5.41) is 27.8. The van der Waals surface area contributed by atoms with Crippen LogP contribution in [-0.2, 0) is 27.5 Å². The molecule has 0 spiro atoms. The molecular weight excluding hydrogens is 870 g/mol. The van der Waals surface area contributed by atoms with E-state index in [1.165, 1.54) is 19.2 Å². The lowest BCUT2D eigenvalue weighted by atomic mass is 9.55. The molecular formula is C54H62FN3O10. The van der Waals surface area contributed by atoms with Crippen LogP contribution in [0.2, 0.25) is 0 Å². The maximum Gasteiger partial charge on any atom is 0.417 e. The number of amides is 2. The SMILES string of the molecule is C=CCOC12Oc3ccc(OC(=O)Nc4ccc(OC)cc4OC)cc3C3C(CCCCO)C(CCCCO)C=C(C(=NOCc4ccccc4)CC1N(Cc1ccc(F)cc1)C(=O)C1CC1)C32. The number of nitrogens with zero attached hydrogens (tertiary/aromatic N) is 2. The van der Waals surface area contributed by atoms with Crippen LogP contribution < -0.4 is 24.3 Å². The molecule has 68 heavy (non-hydrogen) atoms. The third kappa shape index (κ3) is 10.7. The van der Waals surface area contributed by atoms with Gasteiger partial charge in [-0.2, -0.15) is 0 Å². The topological polar surface area (TPSA) is 158 Å². The van der Waals surface area contributed by atoms with Crippen molar-refractivity contribution in [1.29, 1.82) is 0 Å². The molecule has 0 aromatic heterocycles. The Morgan fingerprint density at radius 1 is 0.912 bits per heavy atom. The molecule has 3 aliphatic carbocycles. The average molecular weight is 932 g/mol. The Morgan fingerprint density at radius 2 is 1.66 bits per heavy atom. The third-order valence-corrected chi connectivity index (χ3v) is 13.6. The molecule has 4 aromatic carbocycles. The number of unbranched alkanes of at least 4 members (excludes halogenated alkanes) is 2. The van der Waals surface area contributed by atoms with Gasteiger partial charge in [0.25, 0.3) is 0 Å². The van der Waals surface area contributed by atoms with E-state index in [2.05, 4.69) is 18.0 Å². The first-order valence-electron chi connectivity index (χ1n) is 23.7. The standard InChI is InChI=1S/C54H62FN3O10/c1-4-28-65-54-49(58(52(61)37-18-19-37)33-35-16-20-39(55)21-17-35)32-46(57-66-34-36-12-6-5-7-13-36)43-29-38(14-8-10-26-59)42(15-9-11-27-60)50(51(43)54)44-30-41(23-25-47(44)68-54)67-53(62)56-45-24-22-40(63-2)31-48(45)64-3/h4-7,12-13,16-17,20-25,29-31,37-38,42,49-51,59-60H,1,8-11,14-15,18-19,26-28,32-34H2,2-3H3,(H,56,62). The second-order valence-electron chi connectivity index (χ2n) is 18.0. The highest BCUT2D eigenvalue weighted by molar-refractivity contribution is 6.03. The fourth-order valence-electron chi connectivity index (χ4n) is 10.3. The summed E-state index contributed by atoms with van der Waals surface area (Å²) in [6.45, 7) is 4.60. The number of allylic oxidation sites excluding steroid dienone is 1. The van der Waals surface area contributed by atoms with Crippen molar-refractivity contribution in [3.05, 3.63) is 138 Å². The summed E-state index contributed by atoms with van der Waals surface area (Å²) >= 11 is 0. The zero-order chi connectivity index (χ0) is 47.6. The lowest BCUT2D eigenvalue weighted by molar-refractivity contribution is -0.258. The van der Waals surface area contributed by atoms with Crippen LogP contribution in [0.5, 0.6) is 23.0 Å². The van der Waals surface area contributed by atoms with Crippen molar-refractivity contribution >= 4 is 23.4 Å². The molecule has 2 saturated carbocycles. The fraction of sp³-hybridized carbons (Fsp3) is 0.426. The highest BCUT2D eigenvalue weighted by atomic mass is 19.1. The van der Waals surface area contributed by atoms with Crippen molar-refractivity contribution in [2.75, 3.05) is 39.4 Å². The van der Waals surface area contributed by atoms with E-state index in [4.69, 9.17) is 33.7 Å². The summed E-state index contributed by atoms with van der Waals surface area (Å²) in [5.41, 5.74) is 4.39. The van der Waals surface area contributed by atoms with E-state index in [0.717, 1.165) is 60.8 Å². The van der Waals surface area contributed by atoms with Gasteiger partial charge in [0.2, 0.25) is 11.7 Å². The molecule has 4 aliphatic rings. The predicted molar refractivity (Wildman–Crippen MR) is 255 cm³/mol. The van der Waals surface area contributed by atoms with E-state index in [9.17, 15) is 24.2 Å². The Balaban J connectivity index is 1.29. The van der Waals surface area contributed by atoms with Crippen LogP contribution in [-0.4, -0.2) is 78.7 Å². The summed E-state index contributed by atoms with van der Waals surface area (Å²) in [6.07, 6.45) is 9.12. The van der Waals surface area contributed by atoms with Gasteiger partial charge in [0.05, 0.1) is 38.1 Å². The predicted octanol–water partition coefficient (Wildman–Crippen LogP) is 9.73. The zero-order valence-corrected chi connectivity index (χ0v) is 38.8. The van der Waals surface area contributed by atoms with E-state index >= 15 is 0 Å². The van der Waals surface area contributed by atoms with Gasteiger partial charge in [-0.15, -0.1) is 6.58 Å². The van der Waals surface area contributed by atoms with Crippen molar-refractivity contribution < 1.29 is 52.7 Å². The van der Waals surface area contributed by atoms with Crippen LogP contribution in [0, 0.1) is 29.5 Å². The first-order chi connectivity index (χ1) is 33.2. The molecule has 6 atom stereocenters. The van der Waals surface area contributed by atoms with Crippen molar-refractivity contribution in [3.63, 3.8) is 0 Å². The number of carbonyl (C=O) groups excluding carboxylic acids is 2. The molecule has 3 N–H and O–H groups in total. The highest BCUT2D eigenvalue weighted by Gasteiger charge is 2.66. The van der Waals surface area contributed by atoms with Gasteiger partial charge in [-0.05, 0) is 110 Å². The van der Waals surface area contributed by atoms with E-state index in [0.29, 0.717) is 41.5 Å². The molecule has 2 fully saturated rings. The molecule has 6 unspecified atom stereocenters. The Hall–Kier alpha value is -6.22. The fourth-order valence-corrected chi connectivity index (χ4v) is 10.3. The molecule has 13 nitrogen and oxygen atoms in total. The summed E-state index contributed by atoms with van der Waals surface area (Å²) in [7, 11) is 3.05. The summed E-state index contributed by atoms with van der Waals surface area (Å²) in [6, 6.07) is 25.6. The summed E-state index contributed by atoms with van der Waals surface area (Å²) in [4.78, 5) is 36.6. The van der Waals surface area contributed by atoms with Gasteiger partial charge in [-0.3, -0.25) is 10.1 Å². The quantitative estimate of drug-likeness (QED) is 0.0394. The smallest absolute Gasteiger partial charge is 0.417 e. The maximum atomic E-state index is 14.9. The minimum absolute atomic E-state index is 0.0192. The lowest BCUT2D eigenvalue weighted by Gasteiger charge is -2.60. The number of aliphatic hydroxyl groups excluding tert-OH is 2. The Morgan fingerprint density at radius 3 is 2.37 bits per heavy atom. The van der Waals surface area contributed by atoms with Crippen LogP contribution in [0.15, 0.2) is 120 Å². The number of anilines is 1. The van der Waals surface area contributed by atoms with Gasteiger partial charge in [-0.25, -0.2) is 9.18 Å². The zero-order valence-electron chi connectivity index (χ0n) is 38.8. The molecule has 2 amide bonds. The van der Waals surface area contributed by atoms with Gasteiger partial charge in [0.1, 0.15) is 41.5 Å². The van der Waals surface area contributed by atoms with E-state index in [-0.39, 0.29) is 80.5 Å². The first kappa shape index (κ1) is 48.2. The second kappa shape index (κ2) is 22.3. The largest absolute Gasteiger partial charge is 0.497 e. The van der Waals surface area contributed by atoms with Gasteiger partial charge in [0, 0.05) is 49.6 Å². The number of ether oxygens (including phenoxy) is 5. The molecule has 360 valence electrons. The lowest BCUT2D eigenvalue weighted by Crippen LogP contribution is -2.70. The first-order valence-corrected chi connectivity index (χ1v) is 23.7. The van der Waals surface area contributed by atoms with Gasteiger partial charge in [-0.1, -0.05) is 72.6 Å². The van der Waals surface area contributed by atoms with Crippen molar-refractivity contribution in [3.8, 4) is 23.0 Å². The van der Waals surface area contributed by atoms with Crippen molar-refractivity contribution in [2.24, 2.45) is 28.8 Å². The maximum absolute atomic E-state index is 14.9. The average Bonchev–Trinajstić information content (AvgIpc) is 4.21. The van der Waals surface area contributed by atoms with E-state index < -0.39 is 23.8 Å². The minimum atomic E-state index is -1.50. The third-order valence-electron chi connectivity index (χ3n) is 13.6. The van der Waals surface area contributed by atoms with E-state index in [1.807, 2.05) is 41.3 Å². The van der Waals surface area contributed by atoms with Gasteiger partial charge in [0.15, 0.2) is 0 Å². The highest BCUT2D eigenvalue weighted by Crippen LogP contribution is 2.62. The molecule has 0 radical (unpaired) electrons. The molecule has 4 aromatic rings. The van der Waals surface area contributed by atoms with Crippen LogP contribution in [0.4, 0.5) is 14.9 Å². The number of carbonyl (C=O) groups is 2. The Kier molecular flexibility index (Phi) is 15.8. The second-order valence-corrected chi connectivity index (χ2v) is 18.0. The van der Waals surface area contributed by atoms with Crippen LogP contribution in [0.3, 0.4) is 0 Å². The van der Waals surface area contributed by atoms with Crippen molar-refractivity contribution in [1.82, 2.24) is 4.90 Å². The normalized spacial score (nSPS) is 23.0. The van der Waals surface area contributed by atoms with Crippen molar-refractivity contribution in [2.45, 2.75) is 88.7 Å². The number of oxime groups is 1. The van der Waals surface area contributed by atoms with E-state index in [1.54, 1.807) is 55.7 Å². The number of fused-ring (bicyclic) bond motifs is 2. The monoisotopic (exact) mass is 931 g/mol. The van der Waals surface area contributed by atoms with Gasteiger partial charge >= 0.3 is 6.09 Å². The number of methoxy groups -OCH3 is 2. The number of rotatable bonds is 22. The number of aliphatic hydroxyl groups is 2. The number of hydrogen-bond acceptors (Lipinski definition) is 11. The molecule has 8 rings (SSSR count). The summed E-state index contributed by atoms with van der Waals surface area (Å²) in [5.74, 6) is -1.43. The summed E-state index contributed by atoms with van der Waals surface area (Å²) < 4.78 is 45.7. The molecule has 1 aliphatic heterocycles. The number of benzene rings is 4. The Bertz CT molecular complexity index is 2440. The molecule has 0 saturated heterocycles. The number of nitrogens with one attached hydrogen (secondary N) is 1. The molecule has 0 bridgehead atoms. The van der Waals surface area contributed by atoms with Crippen LogP contribution in [0.1, 0.15) is 80.4 Å². The molecule has 1 heterocycles. The van der Waals surface area contributed by atoms with Crippen LogP contribution in [0.25, 0.3) is 0 Å². The number of halogens is 1. The number of hydrogen-bond donors (Lipinski definition) is 3. The minimum Gasteiger partial charge on any atom is -0.497 e. The Labute approximate surface area is 397 Å². The van der Waals surface area contributed by atoms with Gasteiger partial charge < -0.3 is 43.6 Å². The molecule has 14 heteroatoms. The van der Waals surface area contributed by atoms with Crippen LogP contribution >= 0.6 is 0 Å².